The van der Waals surface area contributed by atoms with E-state index in [0.29, 0.717) is 34.3 Å². The smallest absolute Gasteiger partial charge is 0.238 e. The van der Waals surface area contributed by atoms with E-state index in [-0.39, 0.29) is 0 Å². The summed E-state index contributed by atoms with van der Waals surface area (Å²) >= 11 is 0. The highest BCUT2D eigenvalue weighted by molar-refractivity contribution is 6.10. The van der Waals surface area contributed by atoms with Crippen LogP contribution in [0.5, 0.6) is 0 Å². The molecule has 7 aromatic carbocycles. The number of nitriles is 2. The Morgan fingerprint density at radius 3 is 1.57 bits per heavy atom. The van der Waals surface area contributed by atoms with E-state index in [2.05, 4.69) is 95.8 Å². The molecule has 262 valence electrons. The molecule has 0 fully saturated rings. The molecule has 56 heavy (non-hydrogen) atoms. The van der Waals surface area contributed by atoms with Crippen molar-refractivity contribution >= 4 is 43.6 Å². The molecule has 0 saturated heterocycles. The molecule has 10 aromatic rings. The van der Waals surface area contributed by atoms with Crippen molar-refractivity contribution in [3.05, 3.63) is 174 Å². The van der Waals surface area contributed by atoms with Crippen LogP contribution in [-0.4, -0.2) is 24.1 Å². The molecule has 0 saturated carbocycles. The van der Waals surface area contributed by atoms with Gasteiger partial charge in [0.1, 0.15) is 6.07 Å². The zero-order chi connectivity index (χ0) is 37.9. The Hall–Kier alpha value is -7.87. The number of aromatic nitrogens is 5. The number of rotatable bonds is 5. The van der Waals surface area contributed by atoms with Crippen LogP contribution in [0.2, 0.25) is 0 Å². The van der Waals surface area contributed by atoms with Gasteiger partial charge < -0.3 is 4.57 Å². The van der Waals surface area contributed by atoms with Crippen LogP contribution in [0.25, 0.3) is 89.2 Å². The molecule has 3 heterocycles. The number of para-hydroxylation sites is 2. The first-order valence-corrected chi connectivity index (χ1v) is 18.4. The molecule has 0 aliphatic heterocycles. The lowest BCUT2D eigenvalue weighted by Crippen LogP contribution is -2.07. The quantitative estimate of drug-likeness (QED) is 0.177. The fraction of sp³-hybridized carbons (Fsp3) is 0.0408. The summed E-state index contributed by atoms with van der Waals surface area (Å²) in [5.74, 6) is 1.40. The van der Waals surface area contributed by atoms with Gasteiger partial charge in [-0.1, -0.05) is 102 Å². The minimum absolute atomic E-state index is 0.447. The van der Waals surface area contributed by atoms with E-state index in [9.17, 15) is 10.5 Å². The van der Waals surface area contributed by atoms with Crippen LogP contribution < -0.4 is 0 Å². The lowest BCUT2D eigenvalue weighted by molar-refractivity contribution is 0.953. The van der Waals surface area contributed by atoms with Crippen LogP contribution in [0.1, 0.15) is 22.3 Å². The van der Waals surface area contributed by atoms with Crippen LogP contribution in [0.4, 0.5) is 0 Å². The summed E-state index contributed by atoms with van der Waals surface area (Å²) in [4.78, 5) is 15.3. The van der Waals surface area contributed by atoms with Gasteiger partial charge in [-0.05, 0) is 85.6 Å². The molecule has 7 nitrogen and oxygen atoms in total. The van der Waals surface area contributed by atoms with Crippen molar-refractivity contribution in [2.24, 2.45) is 0 Å². The van der Waals surface area contributed by atoms with Crippen molar-refractivity contribution in [3.8, 4) is 57.7 Å². The lowest BCUT2D eigenvalue weighted by atomic mass is 9.99. The van der Waals surface area contributed by atoms with Gasteiger partial charge in [-0.15, -0.1) is 0 Å². The lowest BCUT2D eigenvalue weighted by Gasteiger charge is -2.13. The highest BCUT2D eigenvalue weighted by Crippen LogP contribution is 2.37. The number of hydrogen-bond donors (Lipinski definition) is 0. The predicted octanol–water partition coefficient (Wildman–Crippen LogP) is 11.4. The van der Waals surface area contributed by atoms with Crippen molar-refractivity contribution < 1.29 is 0 Å². The minimum Gasteiger partial charge on any atom is -0.308 e. The van der Waals surface area contributed by atoms with Crippen LogP contribution in [0, 0.1) is 36.5 Å². The minimum atomic E-state index is 0.447. The van der Waals surface area contributed by atoms with Crippen molar-refractivity contribution in [2.75, 3.05) is 0 Å². The average Bonchev–Trinajstić information content (AvgIpc) is 3.75. The van der Waals surface area contributed by atoms with Crippen LogP contribution in [0.3, 0.4) is 0 Å². The van der Waals surface area contributed by atoms with Gasteiger partial charge in [0.15, 0.2) is 11.6 Å². The first kappa shape index (κ1) is 32.8. The number of benzene rings is 7. The molecule has 3 aromatic heterocycles. The van der Waals surface area contributed by atoms with Gasteiger partial charge in [0.05, 0.1) is 45.0 Å². The number of aryl methyl sites for hydroxylation is 2. The van der Waals surface area contributed by atoms with E-state index in [1.807, 2.05) is 91.0 Å². The van der Waals surface area contributed by atoms with Crippen molar-refractivity contribution in [1.29, 1.82) is 10.5 Å². The maximum Gasteiger partial charge on any atom is 0.238 e. The molecule has 0 unspecified atom stereocenters. The monoisotopic (exact) mass is 717 g/mol. The second-order valence-corrected chi connectivity index (χ2v) is 14.1. The summed E-state index contributed by atoms with van der Waals surface area (Å²) in [7, 11) is 0. The van der Waals surface area contributed by atoms with Gasteiger partial charge >= 0.3 is 0 Å². The maximum atomic E-state index is 10.7. The summed E-state index contributed by atoms with van der Waals surface area (Å²) < 4.78 is 4.26. The third-order valence-electron chi connectivity index (χ3n) is 10.6. The Balaban J connectivity index is 1.18. The summed E-state index contributed by atoms with van der Waals surface area (Å²) in [5, 5.41) is 24.9. The molecule has 0 atom stereocenters. The molecule has 10 rings (SSSR count). The molecular weight excluding hydrogens is 687 g/mol. The first-order chi connectivity index (χ1) is 27.5. The second kappa shape index (κ2) is 12.9. The number of fused-ring (bicyclic) bond motifs is 6. The van der Waals surface area contributed by atoms with Crippen molar-refractivity contribution in [1.82, 2.24) is 24.1 Å². The Kier molecular flexibility index (Phi) is 7.55. The maximum absolute atomic E-state index is 10.7. The Labute approximate surface area is 322 Å². The van der Waals surface area contributed by atoms with Gasteiger partial charge in [-0.25, -0.2) is 4.98 Å². The van der Waals surface area contributed by atoms with Crippen molar-refractivity contribution in [3.63, 3.8) is 0 Å². The highest BCUT2D eigenvalue weighted by atomic mass is 15.2. The Morgan fingerprint density at radius 1 is 0.429 bits per heavy atom. The standard InChI is InChI=1S/C49H31N7/c1-30-15-22-45-40(25-30)41-26-31(2)16-23-46(41)55(45)42-24-21-34(27-36(42)29-51)48-52-47(33-19-17-32(18-20-33)37-10-4-3-9-35(37)28-50)53-49(54-48)56-43-13-7-5-11-38(43)39-12-6-8-14-44(39)56/h3-27H,1-2H3. The summed E-state index contributed by atoms with van der Waals surface area (Å²) in [5.41, 5.74) is 11.6. The zero-order valence-electron chi connectivity index (χ0n) is 30.6. The van der Waals surface area contributed by atoms with E-state index in [0.717, 1.165) is 66.0 Å². The summed E-state index contributed by atoms with van der Waals surface area (Å²) in [6.45, 7) is 4.21. The molecule has 0 spiro atoms. The van der Waals surface area contributed by atoms with Gasteiger partial charge in [-0.3, -0.25) is 4.57 Å². The molecule has 0 amide bonds. The van der Waals surface area contributed by atoms with Gasteiger partial charge in [0.2, 0.25) is 5.95 Å². The number of nitrogens with zero attached hydrogens (tertiary/aromatic N) is 7. The molecule has 0 N–H and O–H groups in total. The van der Waals surface area contributed by atoms with Gasteiger partial charge in [0.25, 0.3) is 0 Å². The highest BCUT2D eigenvalue weighted by Gasteiger charge is 2.20. The molecule has 0 aliphatic carbocycles. The molecule has 0 aliphatic rings. The molecule has 0 radical (unpaired) electrons. The largest absolute Gasteiger partial charge is 0.308 e. The Bertz CT molecular complexity index is 3190. The summed E-state index contributed by atoms with van der Waals surface area (Å²) in [6, 6.07) is 55.6. The van der Waals surface area contributed by atoms with Gasteiger partial charge in [0, 0.05) is 32.7 Å². The van der Waals surface area contributed by atoms with Crippen LogP contribution in [0.15, 0.2) is 152 Å². The van der Waals surface area contributed by atoms with E-state index < -0.39 is 0 Å². The SMILES string of the molecule is Cc1ccc2c(c1)c1cc(C)ccc1n2-c1ccc(-c2nc(-c3ccc(-c4ccccc4C#N)cc3)nc(-n3c4ccccc4c4ccccc43)n2)cc1C#N. The third kappa shape index (κ3) is 5.22. The van der Waals surface area contributed by atoms with Crippen LogP contribution >= 0.6 is 0 Å². The number of hydrogen-bond acceptors (Lipinski definition) is 5. The third-order valence-corrected chi connectivity index (χ3v) is 10.6. The van der Waals surface area contributed by atoms with Gasteiger partial charge in [-0.2, -0.15) is 20.5 Å². The van der Waals surface area contributed by atoms with E-state index in [1.54, 1.807) is 0 Å². The fourth-order valence-electron chi connectivity index (χ4n) is 7.96. The van der Waals surface area contributed by atoms with Crippen LogP contribution in [-0.2, 0) is 0 Å². The van der Waals surface area contributed by atoms with E-state index >= 15 is 0 Å². The topological polar surface area (TPSA) is 96.1 Å². The Morgan fingerprint density at radius 2 is 0.946 bits per heavy atom. The van der Waals surface area contributed by atoms with Crippen molar-refractivity contribution in [2.45, 2.75) is 13.8 Å². The van der Waals surface area contributed by atoms with E-state index in [4.69, 9.17) is 15.0 Å². The normalized spacial score (nSPS) is 11.4. The molecule has 7 heteroatoms. The molecular formula is C49H31N7. The zero-order valence-corrected chi connectivity index (χ0v) is 30.6. The summed E-state index contributed by atoms with van der Waals surface area (Å²) in [6.07, 6.45) is 0. The second-order valence-electron chi connectivity index (χ2n) is 14.1. The van der Waals surface area contributed by atoms with E-state index in [1.165, 1.54) is 11.1 Å². The first-order valence-electron chi connectivity index (χ1n) is 18.4. The predicted molar refractivity (Wildman–Crippen MR) is 224 cm³/mol. The molecule has 0 bridgehead atoms. The fourth-order valence-corrected chi connectivity index (χ4v) is 7.96. The average molecular weight is 718 g/mol.